The molecule has 0 heterocycles. The molecule has 33 heavy (non-hydrogen) atoms. The molecule has 0 aliphatic rings. The first-order chi connectivity index (χ1) is 15.4. The molecular formula is C18H5Br10O4P. The SMILES string of the molecule is O=P(Oc1ccccc1)(Oc1c(Br)c(Br)c(Br)c(Br)c1Br)Oc1c(Br)c(Br)c(Br)c(Br)c1Br. The summed E-state index contributed by atoms with van der Waals surface area (Å²) in [6, 6.07) is 8.60. The summed E-state index contributed by atoms with van der Waals surface area (Å²) in [6.07, 6.45) is 0. The van der Waals surface area contributed by atoms with Gasteiger partial charge in [0, 0.05) is 8.95 Å². The second kappa shape index (κ2) is 12.3. The molecule has 3 aromatic rings. The first-order valence-corrected chi connectivity index (χ1v) is 17.5. The average Bonchev–Trinajstić information content (AvgIpc) is 2.80. The van der Waals surface area contributed by atoms with Crippen LogP contribution in [0, 0.1) is 0 Å². The summed E-state index contributed by atoms with van der Waals surface area (Å²) in [5.41, 5.74) is 0. The molecular weight excluding hydrogens is 1110 g/mol. The number of phosphoric ester groups is 1. The second-order valence-electron chi connectivity index (χ2n) is 5.83. The maximum Gasteiger partial charge on any atom is 0.647 e. The standard InChI is InChI=1S/C18H5Br10O4P/c19-7-9(21)13(25)17(14(26)10(7)22)31-33(29,30-6-4-2-1-3-5-6)32-18-15(27)11(23)8(20)12(24)16(18)28/h1-5H. The fraction of sp³-hybridized carbons (Fsp3) is 0. The van der Waals surface area contributed by atoms with Crippen molar-refractivity contribution in [2.24, 2.45) is 0 Å². The highest BCUT2D eigenvalue weighted by atomic mass is 79.9. The zero-order chi connectivity index (χ0) is 24.7. The summed E-state index contributed by atoms with van der Waals surface area (Å²) in [7, 11) is -4.34. The lowest BCUT2D eigenvalue weighted by molar-refractivity contribution is 0.295. The van der Waals surface area contributed by atoms with Gasteiger partial charge in [0.25, 0.3) is 0 Å². The Hall–Kier alpha value is 2.09. The van der Waals surface area contributed by atoms with Crippen LogP contribution in [-0.4, -0.2) is 0 Å². The molecule has 0 amide bonds. The molecule has 0 atom stereocenters. The van der Waals surface area contributed by atoms with E-state index < -0.39 is 7.82 Å². The number of rotatable bonds is 6. The third-order valence-corrected chi connectivity index (χ3v) is 17.0. The summed E-state index contributed by atoms with van der Waals surface area (Å²) in [5, 5.41) is 0. The average molecular weight is 1120 g/mol. The summed E-state index contributed by atoms with van der Waals surface area (Å²) < 4.78 is 37.8. The predicted octanol–water partition coefficient (Wildman–Crippen LogP) is 13.0. The summed E-state index contributed by atoms with van der Waals surface area (Å²) >= 11 is 34.8. The van der Waals surface area contributed by atoms with E-state index in [0.29, 0.717) is 41.5 Å². The molecule has 176 valence electrons. The van der Waals surface area contributed by atoms with Crippen molar-refractivity contribution in [1.82, 2.24) is 0 Å². The number of benzene rings is 3. The molecule has 4 nitrogen and oxygen atoms in total. The van der Waals surface area contributed by atoms with Crippen molar-refractivity contribution in [1.29, 1.82) is 0 Å². The fourth-order valence-corrected chi connectivity index (χ4v) is 10.4. The smallest absolute Gasteiger partial charge is 0.386 e. The van der Waals surface area contributed by atoms with Crippen LogP contribution in [0.2, 0.25) is 0 Å². The van der Waals surface area contributed by atoms with E-state index >= 15 is 0 Å². The van der Waals surface area contributed by atoms with Gasteiger partial charge in [-0.25, -0.2) is 0 Å². The van der Waals surface area contributed by atoms with Crippen LogP contribution in [0.4, 0.5) is 0 Å². The first-order valence-electron chi connectivity index (χ1n) is 8.14. The van der Waals surface area contributed by atoms with Crippen molar-refractivity contribution >= 4 is 167 Å². The van der Waals surface area contributed by atoms with Crippen LogP contribution in [0.1, 0.15) is 0 Å². The Morgan fingerprint density at radius 3 is 1.09 bits per heavy atom. The highest BCUT2D eigenvalue weighted by Gasteiger charge is 2.38. The Bertz CT molecular complexity index is 1150. The van der Waals surface area contributed by atoms with Crippen LogP contribution in [0.25, 0.3) is 0 Å². The maximum absolute atomic E-state index is 14.1. The largest absolute Gasteiger partial charge is 0.647 e. The molecule has 0 saturated carbocycles. The number of hydrogen-bond acceptors (Lipinski definition) is 4. The van der Waals surface area contributed by atoms with Gasteiger partial charge in [-0.15, -0.1) is 0 Å². The molecule has 0 aliphatic heterocycles. The van der Waals surface area contributed by atoms with Crippen LogP contribution in [0.15, 0.2) is 75.1 Å². The van der Waals surface area contributed by atoms with Crippen LogP contribution < -0.4 is 13.6 Å². The van der Waals surface area contributed by atoms with Crippen molar-refractivity contribution in [2.45, 2.75) is 0 Å². The van der Waals surface area contributed by atoms with Gasteiger partial charge in [-0.05, 0) is 171 Å². The van der Waals surface area contributed by atoms with E-state index in [0.717, 1.165) is 8.95 Å². The first kappa shape index (κ1) is 29.6. The maximum atomic E-state index is 14.1. The van der Waals surface area contributed by atoms with Gasteiger partial charge >= 0.3 is 7.82 Å². The number of para-hydroxylation sites is 1. The third kappa shape index (κ3) is 6.57. The highest BCUT2D eigenvalue weighted by Crippen LogP contribution is 2.59. The van der Waals surface area contributed by atoms with Crippen LogP contribution in [-0.2, 0) is 4.57 Å². The van der Waals surface area contributed by atoms with E-state index in [-0.39, 0.29) is 11.5 Å². The molecule has 0 N–H and O–H groups in total. The normalized spacial score (nSPS) is 11.5. The predicted molar refractivity (Wildman–Crippen MR) is 166 cm³/mol. The fourth-order valence-electron chi connectivity index (χ4n) is 2.22. The van der Waals surface area contributed by atoms with E-state index in [4.69, 9.17) is 13.6 Å². The Morgan fingerprint density at radius 2 is 0.758 bits per heavy atom. The van der Waals surface area contributed by atoms with Gasteiger partial charge in [-0.3, -0.25) is 0 Å². The zero-order valence-corrected chi connectivity index (χ0v) is 32.0. The monoisotopic (exact) mass is 1110 g/mol. The molecule has 3 rings (SSSR count). The Labute approximate surface area is 273 Å². The number of hydrogen-bond donors (Lipinski definition) is 0. The van der Waals surface area contributed by atoms with Gasteiger partial charge in [-0.1, -0.05) is 18.2 Å². The lowest BCUT2D eigenvalue weighted by Gasteiger charge is -2.23. The van der Waals surface area contributed by atoms with Gasteiger partial charge < -0.3 is 13.6 Å². The van der Waals surface area contributed by atoms with Crippen molar-refractivity contribution in [2.75, 3.05) is 0 Å². The lowest BCUT2D eigenvalue weighted by atomic mass is 10.3. The molecule has 3 aromatic carbocycles. The molecule has 0 unspecified atom stereocenters. The molecule has 0 spiro atoms. The molecule has 0 aromatic heterocycles. The molecule has 15 heteroatoms. The van der Waals surface area contributed by atoms with E-state index in [1.54, 1.807) is 24.3 Å². The van der Waals surface area contributed by atoms with Gasteiger partial charge in [0.1, 0.15) is 5.75 Å². The van der Waals surface area contributed by atoms with Crippen LogP contribution >= 0.6 is 167 Å². The summed E-state index contributed by atoms with van der Waals surface area (Å²) in [6.45, 7) is 0. The Kier molecular flexibility index (Phi) is 11.0. The number of halogens is 10. The van der Waals surface area contributed by atoms with Gasteiger partial charge in [0.2, 0.25) is 0 Å². The molecule has 0 aliphatic carbocycles. The lowest BCUT2D eigenvalue weighted by Crippen LogP contribution is -2.09. The van der Waals surface area contributed by atoms with Crippen molar-refractivity contribution in [3.05, 3.63) is 75.1 Å². The minimum absolute atomic E-state index is 0.193. The number of phosphoric acid groups is 1. The molecule has 0 bridgehead atoms. The second-order valence-corrected chi connectivity index (χ2v) is 15.2. The molecule has 0 saturated heterocycles. The molecule has 0 radical (unpaired) electrons. The van der Waals surface area contributed by atoms with Gasteiger partial charge in [0.15, 0.2) is 11.5 Å². The summed E-state index contributed by atoms with van der Waals surface area (Å²) in [4.78, 5) is 0. The van der Waals surface area contributed by atoms with E-state index in [2.05, 4.69) is 159 Å². The van der Waals surface area contributed by atoms with Crippen molar-refractivity contribution < 1.29 is 18.1 Å². The van der Waals surface area contributed by atoms with E-state index in [1.807, 2.05) is 6.07 Å². The van der Waals surface area contributed by atoms with Crippen molar-refractivity contribution in [3.63, 3.8) is 0 Å². The highest BCUT2D eigenvalue weighted by molar-refractivity contribution is 9.16. The van der Waals surface area contributed by atoms with Gasteiger partial charge in [0.05, 0.1) is 35.8 Å². The minimum Gasteiger partial charge on any atom is -0.386 e. The summed E-state index contributed by atoms with van der Waals surface area (Å²) in [5.74, 6) is 0.684. The third-order valence-electron chi connectivity index (χ3n) is 3.71. The quantitative estimate of drug-likeness (QED) is 0.140. The van der Waals surface area contributed by atoms with Crippen molar-refractivity contribution in [3.8, 4) is 17.2 Å². The zero-order valence-electron chi connectivity index (χ0n) is 15.2. The van der Waals surface area contributed by atoms with E-state index in [1.165, 1.54) is 0 Å². The minimum atomic E-state index is -4.34. The van der Waals surface area contributed by atoms with Gasteiger partial charge in [-0.2, -0.15) is 4.57 Å². The Morgan fingerprint density at radius 1 is 0.455 bits per heavy atom. The topological polar surface area (TPSA) is 44.8 Å². The Balaban J connectivity index is 2.18. The molecule has 0 fully saturated rings. The van der Waals surface area contributed by atoms with Crippen LogP contribution in [0.3, 0.4) is 0 Å². The van der Waals surface area contributed by atoms with E-state index in [9.17, 15) is 4.57 Å². The van der Waals surface area contributed by atoms with Crippen LogP contribution in [0.5, 0.6) is 17.2 Å².